The van der Waals surface area contributed by atoms with Crippen LogP contribution in [0.4, 0.5) is 0 Å². The van der Waals surface area contributed by atoms with Crippen molar-refractivity contribution in [3.8, 4) is 0 Å². The molecule has 5 heteroatoms. The van der Waals surface area contributed by atoms with Crippen molar-refractivity contribution in [2.24, 2.45) is 0 Å². The van der Waals surface area contributed by atoms with Gasteiger partial charge in [0, 0.05) is 24.2 Å². The molecule has 0 aliphatic heterocycles. The summed E-state index contributed by atoms with van der Waals surface area (Å²) in [7, 11) is 0. The van der Waals surface area contributed by atoms with Crippen LogP contribution in [0.3, 0.4) is 0 Å². The first-order valence-electron chi connectivity index (χ1n) is 4.55. The van der Waals surface area contributed by atoms with E-state index in [0.717, 1.165) is 0 Å². The predicted molar refractivity (Wildman–Crippen MR) is 64.6 cm³/mol. The first-order valence-corrected chi connectivity index (χ1v) is 6.22. The molecule has 0 spiro atoms. The van der Waals surface area contributed by atoms with E-state index in [2.05, 4.69) is 17.2 Å². The Bertz CT molecular complexity index is 346. The summed E-state index contributed by atoms with van der Waals surface area (Å²) in [5, 5.41) is 3.63. The molecule has 1 rings (SSSR count). The summed E-state index contributed by atoms with van der Waals surface area (Å²) in [5.41, 5.74) is 0.424. The van der Waals surface area contributed by atoms with Gasteiger partial charge in [0.15, 0.2) is 0 Å². The minimum absolute atomic E-state index is 0.172. The second-order valence-corrected chi connectivity index (χ2v) is 4.80. The van der Waals surface area contributed by atoms with E-state index in [4.69, 9.17) is 11.6 Å². The van der Waals surface area contributed by atoms with E-state index in [0.29, 0.717) is 22.4 Å². The van der Waals surface area contributed by atoms with Gasteiger partial charge in [0.25, 0.3) is 5.91 Å². The lowest BCUT2D eigenvalue weighted by molar-refractivity contribution is 0.0954. The zero-order chi connectivity index (χ0) is 11.3. The lowest BCUT2D eigenvalue weighted by Crippen LogP contribution is -2.29. The van der Waals surface area contributed by atoms with Gasteiger partial charge in [-0.15, -0.1) is 0 Å². The van der Waals surface area contributed by atoms with Gasteiger partial charge < -0.3 is 5.32 Å². The Morgan fingerprint density at radius 2 is 2.47 bits per heavy atom. The third kappa shape index (κ3) is 3.72. The number of amides is 1. The van der Waals surface area contributed by atoms with Crippen molar-refractivity contribution in [1.82, 2.24) is 10.3 Å². The first-order chi connectivity index (χ1) is 7.15. The molecule has 1 amide bonds. The minimum atomic E-state index is -0.172. The molecule has 0 saturated carbocycles. The molecule has 0 radical (unpaired) electrons. The number of carbonyl (C=O) groups excluding carboxylic acids is 1. The number of nitrogens with zero attached hydrogens (tertiary/aromatic N) is 1. The van der Waals surface area contributed by atoms with Crippen LogP contribution in [0.1, 0.15) is 17.3 Å². The van der Waals surface area contributed by atoms with Gasteiger partial charge in [-0.2, -0.15) is 11.8 Å². The summed E-state index contributed by atoms with van der Waals surface area (Å²) in [5.74, 6) is -0.172. The maximum absolute atomic E-state index is 11.6. The van der Waals surface area contributed by atoms with E-state index in [1.54, 1.807) is 24.0 Å². The second-order valence-electron chi connectivity index (χ2n) is 3.11. The molecule has 0 aliphatic rings. The van der Waals surface area contributed by atoms with E-state index in [-0.39, 0.29) is 5.91 Å². The Kier molecular flexibility index (Phi) is 4.91. The van der Waals surface area contributed by atoms with Gasteiger partial charge in [0.1, 0.15) is 0 Å². The van der Waals surface area contributed by atoms with Gasteiger partial charge in [-0.1, -0.05) is 18.5 Å². The highest BCUT2D eigenvalue weighted by Gasteiger charge is 2.10. The normalized spacial score (nSPS) is 12.2. The summed E-state index contributed by atoms with van der Waals surface area (Å²) < 4.78 is 0. The largest absolute Gasteiger partial charge is 0.351 e. The Hall–Kier alpha value is -0.740. The second kappa shape index (κ2) is 5.98. The van der Waals surface area contributed by atoms with Gasteiger partial charge in [0.05, 0.1) is 10.6 Å². The molecular formula is C10H13ClN2OS. The van der Waals surface area contributed by atoms with Gasteiger partial charge in [-0.05, 0) is 12.3 Å². The Labute approximate surface area is 98.6 Å². The molecule has 0 aliphatic carbocycles. The molecule has 82 valence electrons. The molecule has 15 heavy (non-hydrogen) atoms. The van der Waals surface area contributed by atoms with Crippen molar-refractivity contribution >= 4 is 29.3 Å². The van der Waals surface area contributed by atoms with Crippen LogP contribution in [0, 0.1) is 0 Å². The maximum Gasteiger partial charge on any atom is 0.254 e. The van der Waals surface area contributed by atoms with Crippen molar-refractivity contribution in [1.29, 1.82) is 0 Å². The van der Waals surface area contributed by atoms with E-state index in [1.165, 1.54) is 6.20 Å². The Morgan fingerprint density at radius 1 is 1.73 bits per heavy atom. The number of aromatic nitrogens is 1. The number of halogens is 1. The highest BCUT2D eigenvalue weighted by atomic mass is 35.5. The van der Waals surface area contributed by atoms with E-state index >= 15 is 0 Å². The smallest absolute Gasteiger partial charge is 0.254 e. The SMILES string of the molecule is CSC(C)CNC(=O)c1cnccc1Cl. The number of rotatable bonds is 4. The average molecular weight is 245 g/mol. The number of hydrogen-bond donors (Lipinski definition) is 1. The van der Waals surface area contributed by atoms with Crippen molar-refractivity contribution in [2.45, 2.75) is 12.2 Å². The molecule has 0 fully saturated rings. The van der Waals surface area contributed by atoms with Crippen LogP contribution in [0.5, 0.6) is 0 Å². The zero-order valence-electron chi connectivity index (χ0n) is 8.66. The van der Waals surface area contributed by atoms with E-state index in [9.17, 15) is 4.79 Å². The molecular weight excluding hydrogens is 232 g/mol. The van der Waals surface area contributed by atoms with Crippen LogP contribution in [-0.4, -0.2) is 28.9 Å². The van der Waals surface area contributed by atoms with Crippen molar-refractivity contribution < 1.29 is 4.79 Å². The lowest BCUT2D eigenvalue weighted by atomic mass is 10.2. The molecule has 1 heterocycles. The number of thioether (sulfide) groups is 1. The monoisotopic (exact) mass is 244 g/mol. The fourth-order valence-electron chi connectivity index (χ4n) is 0.960. The number of carbonyl (C=O) groups is 1. The summed E-state index contributed by atoms with van der Waals surface area (Å²) in [6, 6.07) is 1.61. The fraction of sp³-hybridized carbons (Fsp3) is 0.400. The highest BCUT2D eigenvalue weighted by molar-refractivity contribution is 7.99. The summed E-state index contributed by atoms with van der Waals surface area (Å²) in [4.78, 5) is 15.5. The van der Waals surface area contributed by atoms with Gasteiger partial charge in [-0.3, -0.25) is 9.78 Å². The van der Waals surface area contributed by atoms with Crippen LogP contribution in [0.25, 0.3) is 0 Å². The first kappa shape index (κ1) is 12.3. The molecule has 1 aromatic rings. The van der Waals surface area contributed by atoms with Crippen LogP contribution in [0.15, 0.2) is 18.5 Å². The van der Waals surface area contributed by atoms with Crippen LogP contribution in [0.2, 0.25) is 5.02 Å². The van der Waals surface area contributed by atoms with Gasteiger partial charge in [-0.25, -0.2) is 0 Å². The van der Waals surface area contributed by atoms with Crippen molar-refractivity contribution in [3.63, 3.8) is 0 Å². The van der Waals surface area contributed by atoms with Crippen molar-refractivity contribution in [2.75, 3.05) is 12.8 Å². The third-order valence-electron chi connectivity index (χ3n) is 1.96. The van der Waals surface area contributed by atoms with Gasteiger partial charge in [0.2, 0.25) is 0 Å². The Balaban J connectivity index is 2.58. The van der Waals surface area contributed by atoms with Gasteiger partial charge >= 0.3 is 0 Å². The minimum Gasteiger partial charge on any atom is -0.351 e. The molecule has 0 bridgehead atoms. The summed E-state index contributed by atoms with van der Waals surface area (Å²) >= 11 is 7.57. The lowest BCUT2D eigenvalue weighted by Gasteiger charge is -2.10. The van der Waals surface area contributed by atoms with E-state index in [1.807, 2.05) is 6.26 Å². The fourth-order valence-corrected chi connectivity index (χ4v) is 1.40. The van der Waals surface area contributed by atoms with Crippen LogP contribution in [-0.2, 0) is 0 Å². The Morgan fingerprint density at radius 3 is 3.07 bits per heavy atom. The number of nitrogens with one attached hydrogen (secondary N) is 1. The zero-order valence-corrected chi connectivity index (χ0v) is 10.2. The molecule has 1 aromatic heterocycles. The molecule has 0 aromatic carbocycles. The highest BCUT2D eigenvalue weighted by Crippen LogP contribution is 2.13. The summed E-state index contributed by atoms with van der Waals surface area (Å²) in [6.07, 6.45) is 5.04. The predicted octanol–water partition coefficient (Wildman–Crippen LogP) is 2.22. The summed E-state index contributed by atoms with van der Waals surface area (Å²) in [6.45, 7) is 2.68. The molecule has 3 nitrogen and oxygen atoms in total. The van der Waals surface area contributed by atoms with Crippen molar-refractivity contribution in [3.05, 3.63) is 29.0 Å². The molecule has 1 N–H and O–H groups in total. The topological polar surface area (TPSA) is 42.0 Å². The standard InChI is InChI=1S/C10H13ClN2OS/c1-7(15-2)5-13-10(14)8-6-12-4-3-9(8)11/h3-4,6-7H,5H2,1-2H3,(H,13,14). The quantitative estimate of drug-likeness (QED) is 0.883. The van der Waals surface area contributed by atoms with Crippen LogP contribution < -0.4 is 5.32 Å². The average Bonchev–Trinajstić information content (AvgIpc) is 2.26. The third-order valence-corrected chi connectivity index (χ3v) is 3.27. The maximum atomic E-state index is 11.6. The van der Waals surface area contributed by atoms with E-state index < -0.39 is 0 Å². The molecule has 1 atom stereocenters. The van der Waals surface area contributed by atoms with Crippen LogP contribution >= 0.6 is 23.4 Å². The number of hydrogen-bond acceptors (Lipinski definition) is 3. The number of pyridine rings is 1. The molecule has 1 unspecified atom stereocenters. The molecule has 0 saturated heterocycles.